The Balaban J connectivity index is 1.44. The van der Waals surface area contributed by atoms with Gasteiger partial charge in [0.15, 0.2) is 11.5 Å². The number of anilines is 1. The second kappa shape index (κ2) is 11.7. The van der Waals surface area contributed by atoms with Crippen LogP contribution < -0.4 is 19.7 Å². The van der Waals surface area contributed by atoms with Crippen molar-refractivity contribution in [3.8, 4) is 11.5 Å². The first kappa shape index (κ1) is 25.9. The highest BCUT2D eigenvalue weighted by Crippen LogP contribution is 2.42. The van der Waals surface area contributed by atoms with Gasteiger partial charge in [0, 0.05) is 16.5 Å². The van der Waals surface area contributed by atoms with Crippen LogP contribution in [0.15, 0.2) is 71.6 Å². The van der Waals surface area contributed by atoms with Crippen LogP contribution >= 0.6 is 23.4 Å². The van der Waals surface area contributed by atoms with E-state index in [0.717, 1.165) is 21.7 Å². The number of para-hydroxylation sites is 1. The molecule has 8 heteroatoms. The topological polar surface area (TPSA) is 67.9 Å². The average molecular weight is 525 g/mol. The van der Waals surface area contributed by atoms with Gasteiger partial charge >= 0.3 is 0 Å². The summed E-state index contributed by atoms with van der Waals surface area (Å²) in [5, 5.41) is 3.09. The summed E-state index contributed by atoms with van der Waals surface area (Å²) in [6, 6.07) is 21.0. The Hall–Kier alpha value is -3.16. The van der Waals surface area contributed by atoms with Gasteiger partial charge in [-0.25, -0.2) is 0 Å². The molecule has 0 bridgehead atoms. The molecular formula is C28H29ClN2O4S. The van der Waals surface area contributed by atoms with E-state index in [1.165, 1.54) is 11.8 Å². The molecule has 6 nitrogen and oxygen atoms in total. The van der Waals surface area contributed by atoms with Crippen molar-refractivity contribution in [3.63, 3.8) is 0 Å². The van der Waals surface area contributed by atoms with Gasteiger partial charge in [0.25, 0.3) is 0 Å². The number of carbonyl (C=O) groups excluding carboxylic acids is 2. The van der Waals surface area contributed by atoms with Crippen molar-refractivity contribution >= 4 is 40.9 Å². The van der Waals surface area contributed by atoms with E-state index in [9.17, 15) is 9.59 Å². The number of rotatable bonds is 9. The summed E-state index contributed by atoms with van der Waals surface area (Å²) in [5.41, 5.74) is 2.80. The maximum Gasteiger partial charge on any atom is 0.241 e. The lowest BCUT2D eigenvalue weighted by Gasteiger charge is -2.35. The summed E-state index contributed by atoms with van der Waals surface area (Å²) in [6.07, 6.45) is 0.633. The number of nitrogens with zero attached hydrogens (tertiary/aromatic N) is 1. The standard InChI is InChI=1S/C28H29ClN2O4S/c1-18(27(32)30-14-13-19-11-12-23(34-2)24(16-19)35-3)26-28(33)31(17-20-7-6-8-21(29)15-20)22-9-4-5-10-25(22)36-26/h4-12,15-16,18,26H,13-14,17H2,1-3H3,(H,30,32)/t18-,26+/m1/s1. The molecule has 0 unspecified atom stereocenters. The molecule has 0 saturated carbocycles. The third-order valence-corrected chi connectivity index (χ3v) is 7.88. The molecule has 0 aromatic heterocycles. The fourth-order valence-electron chi connectivity index (χ4n) is 4.20. The Morgan fingerprint density at radius 1 is 1.03 bits per heavy atom. The summed E-state index contributed by atoms with van der Waals surface area (Å²) >= 11 is 7.62. The third-order valence-electron chi connectivity index (χ3n) is 6.18. The molecule has 36 heavy (non-hydrogen) atoms. The van der Waals surface area contributed by atoms with E-state index >= 15 is 0 Å². The molecular weight excluding hydrogens is 496 g/mol. The number of amides is 2. The van der Waals surface area contributed by atoms with Crippen molar-refractivity contribution in [2.75, 3.05) is 25.7 Å². The summed E-state index contributed by atoms with van der Waals surface area (Å²) in [6.45, 7) is 2.65. The fraction of sp³-hybridized carbons (Fsp3) is 0.286. The molecule has 1 aliphatic rings. The number of halogens is 1. The Morgan fingerprint density at radius 3 is 2.56 bits per heavy atom. The van der Waals surface area contributed by atoms with Crippen LogP contribution in [0, 0.1) is 5.92 Å². The molecule has 0 fully saturated rings. The second-order valence-electron chi connectivity index (χ2n) is 8.58. The largest absolute Gasteiger partial charge is 0.493 e. The van der Waals surface area contributed by atoms with E-state index in [1.807, 2.05) is 73.7 Å². The van der Waals surface area contributed by atoms with E-state index in [4.69, 9.17) is 21.1 Å². The SMILES string of the molecule is COc1ccc(CCNC(=O)[C@H](C)[C@@H]2Sc3ccccc3N(Cc3cccc(Cl)c3)C2=O)cc1OC. The van der Waals surface area contributed by atoms with E-state index in [1.54, 1.807) is 19.1 Å². The lowest BCUT2D eigenvalue weighted by atomic mass is 10.0. The first-order chi connectivity index (χ1) is 17.4. The van der Waals surface area contributed by atoms with Gasteiger partial charge in [-0.05, 0) is 53.9 Å². The van der Waals surface area contributed by atoms with Crippen LogP contribution in [0.5, 0.6) is 11.5 Å². The van der Waals surface area contributed by atoms with Crippen molar-refractivity contribution in [2.45, 2.75) is 30.0 Å². The number of benzene rings is 3. The molecule has 1 aliphatic heterocycles. The highest BCUT2D eigenvalue weighted by Gasteiger charge is 2.39. The molecule has 3 aromatic rings. The summed E-state index contributed by atoms with van der Waals surface area (Å²) in [5.74, 6) is 0.569. The minimum Gasteiger partial charge on any atom is -0.493 e. The van der Waals surface area contributed by atoms with E-state index in [0.29, 0.717) is 36.0 Å². The van der Waals surface area contributed by atoms with Crippen molar-refractivity contribution in [1.29, 1.82) is 0 Å². The summed E-state index contributed by atoms with van der Waals surface area (Å²) in [7, 11) is 3.19. The van der Waals surface area contributed by atoms with Crippen molar-refractivity contribution in [2.24, 2.45) is 5.92 Å². The van der Waals surface area contributed by atoms with Crippen LogP contribution in [0.1, 0.15) is 18.1 Å². The Labute approximate surface area is 220 Å². The molecule has 3 aromatic carbocycles. The van der Waals surface area contributed by atoms with E-state index in [2.05, 4.69) is 5.32 Å². The quantitative estimate of drug-likeness (QED) is 0.408. The van der Waals surface area contributed by atoms with Crippen LogP contribution in [0.2, 0.25) is 5.02 Å². The van der Waals surface area contributed by atoms with Crippen molar-refractivity contribution < 1.29 is 19.1 Å². The minimum absolute atomic E-state index is 0.0822. The smallest absolute Gasteiger partial charge is 0.241 e. The van der Waals surface area contributed by atoms with Gasteiger partial charge in [-0.2, -0.15) is 0 Å². The van der Waals surface area contributed by atoms with Crippen LogP contribution in [-0.4, -0.2) is 37.8 Å². The van der Waals surface area contributed by atoms with Gasteiger partial charge in [-0.3, -0.25) is 9.59 Å². The van der Waals surface area contributed by atoms with Crippen LogP contribution in [0.4, 0.5) is 5.69 Å². The van der Waals surface area contributed by atoms with Gasteiger partial charge in [0.1, 0.15) is 5.25 Å². The molecule has 0 saturated heterocycles. The summed E-state index contributed by atoms with van der Waals surface area (Å²) in [4.78, 5) is 29.4. The number of ether oxygens (including phenoxy) is 2. The zero-order chi connectivity index (χ0) is 25.7. The number of thioether (sulfide) groups is 1. The van der Waals surface area contributed by atoms with E-state index in [-0.39, 0.29) is 11.8 Å². The molecule has 2 amide bonds. The monoisotopic (exact) mass is 524 g/mol. The number of fused-ring (bicyclic) bond motifs is 1. The van der Waals surface area contributed by atoms with Gasteiger partial charge in [0.2, 0.25) is 11.8 Å². The molecule has 2 atom stereocenters. The number of hydrogen-bond donors (Lipinski definition) is 1. The third kappa shape index (κ3) is 5.79. The number of carbonyl (C=O) groups is 2. The van der Waals surface area contributed by atoms with Crippen LogP contribution in [-0.2, 0) is 22.6 Å². The van der Waals surface area contributed by atoms with Gasteiger partial charge in [0.05, 0.1) is 32.4 Å². The molecule has 0 aliphatic carbocycles. The van der Waals surface area contributed by atoms with E-state index < -0.39 is 11.2 Å². The van der Waals surface area contributed by atoms with Gasteiger partial charge in [-0.1, -0.05) is 48.9 Å². The Bertz CT molecular complexity index is 1250. The van der Waals surface area contributed by atoms with Gasteiger partial charge < -0.3 is 19.7 Å². The molecule has 0 spiro atoms. The molecule has 1 heterocycles. The zero-order valence-electron chi connectivity index (χ0n) is 20.5. The number of nitrogens with one attached hydrogen (secondary N) is 1. The first-order valence-electron chi connectivity index (χ1n) is 11.7. The van der Waals surface area contributed by atoms with Crippen molar-refractivity contribution in [1.82, 2.24) is 5.32 Å². The van der Waals surface area contributed by atoms with Crippen LogP contribution in [0.25, 0.3) is 0 Å². The van der Waals surface area contributed by atoms with Gasteiger partial charge in [-0.15, -0.1) is 11.8 Å². The predicted molar refractivity (Wildman–Crippen MR) is 144 cm³/mol. The lowest BCUT2D eigenvalue weighted by molar-refractivity contribution is -0.128. The molecule has 188 valence electrons. The zero-order valence-corrected chi connectivity index (χ0v) is 22.1. The summed E-state index contributed by atoms with van der Waals surface area (Å²) < 4.78 is 10.6. The molecule has 0 radical (unpaired) electrons. The fourth-order valence-corrected chi connectivity index (χ4v) is 5.70. The van der Waals surface area contributed by atoms with Crippen molar-refractivity contribution in [3.05, 3.63) is 82.9 Å². The average Bonchev–Trinajstić information content (AvgIpc) is 2.89. The highest BCUT2D eigenvalue weighted by atomic mass is 35.5. The molecule has 1 N–H and O–H groups in total. The van der Waals surface area contributed by atoms with Crippen LogP contribution in [0.3, 0.4) is 0 Å². The normalized spacial score (nSPS) is 15.7. The maximum absolute atomic E-state index is 13.6. The number of methoxy groups -OCH3 is 2. The maximum atomic E-state index is 13.6. The first-order valence-corrected chi connectivity index (χ1v) is 13.0. The Morgan fingerprint density at radius 2 is 1.81 bits per heavy atom. The highest BCUT2D eigenvalue weighted by molar-refractivity contribution is 8.01. The Kier molecular flexibility index (Phi) is 8.44. The number of hydrogen-bond acceptors (Lipinski definition) is 5. The predicted octanol–water partition coefficient (Wildman–Crippen LogP) is 5.36. The minimum atomic E-state index is -0.528. The second-order valence-corrected chi connectivity index (χ2v) is 10.2. The lowest BCUT2D eigenvalue weighted by Crippen LogP contribution is -2.47. The molecule has 4 rings (SSSR count).